The second-order valence-electron chi connectivity index (χ2n) is 6.58. The lowest BCUT2D eigenvalue weighted by atomic mass is 10.1. The zero-order valence-corrected chi connectivity index (χ0v) is 18.0. The number of amides is 2. The van der Waals surface area contributed by atoms with Gasteiger partial charge in [0, 0.05) is 11.8 Å². The smallest absolute Gasteiger partial charge is 0.338 e. The zero-order chi connectivity index (χ0) is 22.2. The fourth-order valence-electron chi connectivity index (χ4n) is 2.68. The number of esters is 1. The van der Waals surface area contributed by atoms with Crippen LogP contribution in [0.1, 0.15) is 26.9 Å². The molecule has 0 unspecified atom stereocenters. The Balaban J connectivity index is 1.40. The molecule has 0 aliphatic carbocycles. The van der Waals surface area contributed by atoms with Crippen molar-refractivity contribution in [3.63, 3.8) is 0 Å². The molecule has 0 saturated carbocycles. The molecule has 164 valence electrons. The van der Waals surface area contributed by atoms with E-state index in [2.05, 4.69) is 10.6 Å². The van der Waals surface area contributed by atoms with E-state index >= 15 is 0 Å². The van der Waals surface area contributed by atoms with Crippen LogP contribution < -0.4 is 10.6 Å². The van der Waals surface area contributed by atoms with E-state index in [0.29, 0.717) is 10.1 Å². The van der Waals surface area contributed by atoms with Gasteiger partial charge in [-0.1, -0.05) is 12.1 Å². The van der Waals surface area contributed by atoms with Crippen molar-refractivity contribution in [2.45, 2.75) is 11.0 Å². The number of carbonyl (C=O) groups excluding carboxylic acids is 3. The van der Waals surface area contributed by atoms with Crippen LogP contribution in [0, 0.1) is 11.6 Å². The summed E-state index contributed by atoms with van der Waals surface area (Å²) in [7, 11) is 0. The molecule has 31 heavy (non-hydrogen) atoms. The molecule has 1 heterocycles. The van der Waals surface area contributed by atoms with E-state index in [1.165, 1.54) is 12.5 Å². The summed E-state index contributed by atoms with van der Waals surface area (Å²) >= 11 is 3.76. The maximum Gasteiger partial charge on any atom is 0.338 e. The molecule has 0 radical (unpaired) electrons. The van der Waals surface area contributed by atoms with Gasteiger partial charge in [-0.25, -0.2) is 13.6 Å². The molecule has 1 saturated heterocycles. The molecule has 0 bridgehead atoms. The van der Waals surface area contributed by atoms with Crippen molar-refractivity contribution >= 4 is 47.0 Å². The van der Waals surface area contributed by atoms with Crippen LogP contribution in [0.4, 0.5) is 14.5 Å². The lowest BCUT2D eigenvalue weighted by molar-refractivity contribution is -0.126. The van der Waals surface area contributed by atoms with Gasteiger partial charge in [0.15, 0.2) is 18.2 Å². The van der Waals surface area contributed by atoms with Crippen molar-refractivity contribution in [2.24, 2.45) is 0 Å². The van der Waals surface area contributed by atoms with Crippen molar-refractivity contribution in [1.82, 2.24) is 5.32 Å². The van der Waals surface area contributed by atoms with Crippen LogP contribution in [0.15, 0.2) is 42.5 Å². The van der Waals surface area contributed by atoms with Gasteiger partial charge >= 0.3 is 5.97 Å². The molecule has 1 aliphatic heterocycles. The molecular formula is C21H20F2N2O4S2. The van der Waals surface area contributed by atoms with E-state index in [-0.39, 0.29) is 5.69 Å². The molecule has 6 nitrogen and oxygen atoms in total. The molecule has 0 spiro atoms. The van der Waals surface area contributed by atoms with Gasteiger partial charge < -0.3 is 15.4 Å². The lowest BCUT2D eigenvalue weighted by Gasteiger charge is -2.21. The number of carbonyl (C=O) groups is 3. The number of thioether (sulfide) groups is 2. The molecule has 3 rings (SSSR count). The highest BCUT2D eigenvalue weighted by Crippen LogP contribution is 2.43. The van der Waals surface area contributed by atoms with Crippen LogP contribution in [0.2, 0.25) is 0 Å². The van der Waals surface area contributed by atoms with E-state index in [0.717, 1.165) is 29.2 Å². The van der Waals surface area contributed by atoms with Gasteiger partial charge in [0.05, 0.1) is 16.7 Å². The summed E-state index contributed by atoms with van der Waals surface area (Å²) in [5.74, 6) is -1.84. The van der Waals surface area contributed by atoms with Crippen LogP contribution in [0.3, 0.4) is 0 Å². The molecule has 1 fully saturated rings. The number of hydrogen-bond acceptors (Lipinski definition) is 6. The average molecular weight is 467 g/mol. The number of halogens is 2. The first-order valence-corrected chi connectivity index (χ1v) is 11.5. The van der Waals surface area contributed by atoms with E-state index in [1.807, 2.05) is 35.7 Å². The fourth-order valence-corrected chi connectivity index (χ4v) is 5.57. The molecule has 1 aliphatic rings. The Morgan fingerprint density at radius 1 is 0.968 bits per heavy atom. The minimum atomic E-state index is -1.10. The van der Waals surface area contributed by atoms with Gasteiger partial charge in [-0.3, -0.25) is 9.59 Å². The molecular weight excluding hydrogens is 446 g/mol. The Kier molecular flexibility index (Phi) is 8.30. The molecule has 10 heteroatoms. The maximum absolute atomic E-state index is 13.1. The Bertz CT molecular complexity index is 951. The third kappa shape index (κ3) is 6.96. The number of rotatable bonds is 7. The van der Waals surface area contributed by atoms with Crippen LogP contribution in [-0.4, -0.2) is 42.4 Å². The first kappa shape index (κ1) is 23.1. The van der Waals surface area contributed by atoms with Gasteiger partial charge in [-0.2, -0.15) is 0 Å². The highest BCUT2D eigenvalue weighted by Gasteiger charge is 2.17. The fraction of sp³-hybridized carbons (Fsp3) is 0.286. The zero-order valence-electron chi connectivity index (χ0n) is 16.4. The summed E-state index contributed by atoms with van der Waals surface area (Å²) in [6.07, 6.45) is 1.20. The summed E-state index contributed by atoms with van der Waals surface area (Å²) in [5, 5.41) is 4.60. The summed E-state index contributed by atoms with van der Waals surface area (Å²) in [4.78, 5) is 35.7. The second kappa shape index (κ2) is 11.1. The standard InChI is InChI=1S/C21H20F2N2O4S2/c22-16-7-6-15(10-17(16)23)25-18(26)11-24-19(27)12-29-20(28)13-2-4-14(5-3-13)21-30-8-1-9-31-21/h2-7,10,21H,1,8-9,11-12H2,(H,24,27)(H,25,26). The Hall–Kier alpha value is -2.59. The predicted molar refractivity (Wildman–Crippen MR) is 117 cm³/mol. The summed E-state index contributed by atoms with van der Waals surface area (Å²) < 4.78 is 31.3. The third-order valence-electron chi connectivity index (χ3n) is 4.23. The van der Waals surface area contributed by atoms with Crippen LogP contribution >= 0.6 is 23.5 Å². The quantitative estimate of drug-likeness (QED) is 0.605. The number of ether oxygens (including phenoxy) is 1. The van der Waals surface area contributed by atoms with Crippen molar-refractivity contribution in [2.75, 3.05) is 30.0 Å². The minimum absolute atomic E-state index is 0.0538. The Labute approximate surface area is 186 Å². The highest BCUT2D eigenvalue weighted by molar-refractivity contribution is 8.16. The highest BCUT2D eigenvalue weighted by atomic mass is 32.2. The molecule has 0 atom stereocenters. The topological polar surface area (TPSA) is 84.5 Å². The molecule has 0 aromatic heterocycles. The normalized spacial score (nSPS) is 14.0. The summed E-state index contributed by atoms with van der Waals surface area (Å²) in [6, 6.07) is 10.00. The first-order chi connectivity index (χ1) is 14.9. The minimum Gasteiger partial charge on any atom is -0.452 e. The largest absolute Gasteiger partial charge is 0.452 e. The monoisotopic (exact) mass is 466 g/mol. The van der Waals surface area contributed by atoms with Crippen molar-refractivity contribution < 1.29 is 27.9 Å². The van der Waals surface area contributed by atoms with Gasteiger partial charge in [0.2, 0.25) is 5.91 Å². The van der Waals surface area contributed by atoms with E-state index in [1.54, 1.807) is 12.1 Å². The third-order valence-corrected chi connectivity index (χ3v) is 7.24. The SMILES string of the molecule is O=C(COC(=O)c1ccc(C2SCCCS2)cc1)NCC(=O)Nc1ccc(F)c(F)c1. The summed E-state index contributed by atoms with van der Waals surface area (Å²) in [5.41, 5.74) is 1.52. The molecule has 2 N–H and O–H groups in total. The predicted octanol–water partition coefficient (Wildman–Crippen LogP) is 3.75. The number of benzene rings is 2. The van der Waals surface area contributed by atoms with Crippen molar-refractivity contribution in [3.8, 4) is 0 Å². The molecule has 2 aromatic rings. The van der Waals surface area contributed by atoms with E-state index < -0.39 is 42.6 Å². The Morgan fingerprint density at radius 3 is 2.35 bits per heavy atom. The van der Waals surface area contributed by atoms with Crippen LogP contribution in [0.5, 0.6) is 0 Å². The van der Waals surface area contributed by atoms with E-state index in [4.69, 9.17) is 4.74 Å². The second-order valence-corrected chi connectivity index (χ2v) is 9.30. The van der Waals surface area contributed by atoms with Crippen molar-refractivity contribution in [3.05, 3.63) is 65.2 Å². The van der Waals surface area contributed by atoms with Gasteiger partial charge in [-0.15, -0.1) is 23.5 Å². The maximum atomic E-state index is 13.1. The van der Waals surface area contributed by atoms with Gasteiger partial charge in [0.1, 0.15) is 0 Å². The number of anilines is 1. The van der Waals surface area contributed by atoms with Gasteiger partial charge in [0.25, 0.3) is 5.91 Å². The van der Waals surface area contributed by atoms with E-state index in [9.17, 15) is 23.2 Å². The first-order valence-electron chi connectivity index (χ1n) is 9.44. The van der Waals surface area contributed by atoms with Crippen molar-refractivity contribution in [1.29, 1.82) is 0 Å². The average Bonchev–Trinajstić information content (AvgIpc) is 2.79. The molecule has 2 aromatic carbocycles. The van der Waals surface area contributed by atoms with Crippen LogP contribution in [-0.2, 0) is 14.3 Å². The lowest BCUT2D eigenvalue weighted by Crippen LogP contribution is -2.35. The Morgan fingerprint density at radius 2 is 1.68 bits per heavy atom. The molecule has 2 amide bonds. The van der Waals surface area contributed by atoms with Crippen LogP contribution in [0.25, 0.3) is 0 Å². The summed E-state index contributed by atoms with van der Waals surface area (Å²) in [6.45, 7) is -0.964. The number of hydrogen-bond donors (Lipinski definition) is 2. The van der Waals surface area contributed by atoms with Gasteiger partial charge in [-0.05, 0) is 47.8 Å². The number of nitrogens with one attached hydrogen (secondary N) is 2.